The molecule has 0 saturated heterocycles. The topological polar surface area (TPSA) is 47.7 Å². The molecule has 0 unspecified atom stereocenters. The molecule has 0 fully saturated rings. The fraction of sp³-hybridized carbons (Fsp3) is 0.455. The van der Waals surface area contributed by atoms with Crippen LogP contribution in [0.4, 0.5) is 0 Å². The number of nitrogens with two attached hydrogens (primary N) is 1. The van der Waals surface area contributed by atoms with E-state index in [9.17, 15) is 0 Å². The van der Waals surface area contributed by atoms with E-state index < -0.39 is 0 Å². The molecule has 0 aliphatic carbocycles. The quantitative estimate of drug-likeness (QED) is 0.856. The lowest BCUT2D eigenvalue weighted by atomic mass is 9.86. The van der Waals surface area contributed by atoms with Crippen molar-refractivity contribution >= 4 is 0 Å². The molecule has 26 heavy (non-hydrogen) atoms. The van der Waals surface area contributed by atoms with Crippen LogP contribution in [0.1, 0.15) is 41.6 Å². The van der Waals surface area contributed by atoms with Gasteiger partial charge >= 0.3 is 0 Å². The summed E-state index contributed by atoms with van der Waals surface area (Å²) in [6.07, 6.45) is 1.93. The fourth-order valence-electron chi connectivity index (χ4n) is 3.94. The van der Waals surface area contributed by atoms with Gasteiger partial charge in [0.25, 0.3) is 0 Å². The maximum Gasteiger partial charge on any atom is 0.161 e. The van der Waals surface area contributed by atoms with Crippen LogP contribution in [-0.4, -0.2) is 31.7 Å². The summed E-state index contributed by atoms with van der Waals surface area (Å²) in [5.74, 6) is 1.57. The van der Waals surface area contributed by atoms with Crippen LogP contribution >= 0.6 is 0 Å². The second-order valence-electron chi connectivity index (χ2n) is 7.07. The second kappa shape index (κ2) is 8.11. The fourth-order valence-corrected chi connectivity index (χ4v) is 3.94. The molecular weight excluding hydrogens is 324 g/mol. The third kappa shape index (κ3) is 3.57. The molecule has 2 N–H and O–H groups in total. The molecule has 0 aromatic heterocycles. The summed E-state index contributed by atoms with van der Waals surface area (Å²) in [5, 5.41) is 0. The Labute approximate surface area is 156 Å². The zero-order chi connectivity index (χ0) is 18.7. The van der Waals surface area contributed by atoms with E-state index in [1.54, 1.807) is 14.2 Å². The third-order valence-electron chi connectivity index (χ3n) is 5.54. The first kappa shape index (κ1) is 18.7. The van der Waals surface area contributed by atoms with E-state index in [1.165, 1.54) is 22.3 Å². The summed E-state index contributed by atoms with van der Waals surface area (Å²) in [7, 11) is 3.37. The molecule has 1 aliphatic rings. The van der Waals surface area contributed by atoms with Crippen LogP contribution in [0.15, 0.2) is 36.4 Å². The van der Waals surface area contributed by atoms with Crippen LogP contribution in [0, 0.1) is 6.92 Å². The predicted octanol–water partition coefficient (Wildman–Crippen LogP) is 3.85. The van der Waals surface area contributed by atoms with Gasteiger partial charge in [0.2, 0.25) is 0 Å². The van der Waals surface area contributed by atoms with Gasteiger partial charge in [-0.05, 0) is 54.2 Å². The Hall–Kier alpha value is -2.04. The first-order valence-electron chi connectivity index (χ1n) is 9.38. The van der Waals surface area contributed by atoms with Crippen molar-refractivity contribution in [1.82, 2.24) is 4.90 Å². The Morgan fingerprint density at radius 1 is 1.15 bits per heavy atom. The number of nitrogens with zero attached hydrogens (tertiary/aromatic N) is 1. The summed E-state index contributed by atoms with van der Waals surface area (Å²) in [6, 6.07) is 13.1. The van der Waals surface area contributed by atoms with Crippen molar-refractivity contribution in [3.8, 4) is 11.5 Å². The Balaban J connectivity index is 2.00. The molecule has 3 rings (SSSR count). The molecule has 4 heteroatoms. The van der Waals surface area contributed by atoms with E-state index in [-0.39, 0.29) is 12.1 Å². The number of aryl methyl sites for hydroxylation is 1. The lowest BCUT2D eigenvalue weighted by Gasteiger charge is -2.41. The molecule has 1 heterocycles. The molecule has 0 saturated carbocycles. The molecule has 1 aliphatic heterocycles. The molecule has 4 nitrogen and oxygen atoms in total. The van der Waals surface area contributed by atoms with E-state index in [0.29, 0.717) is 0 Å². The molecule has 2 atom stereocenters. The van der Waals surface area contributed by atoms with Crippen molar-refractivity contribution < 1.29 is 9.47 Å². The number of rotatable bonds is 6. The Kier molecular flexibility index (Phi) is 5.84. The Bertz CT molecular complexity index is 760. The average Bonchev–Trinajstić information content (AvgIpc) is 2.67. The Morgan fingerprint density at radius 3 is 2.50 bits per heavy atom. The van der Waals surface area contributed by atoms with Gasteiger partial charge in [-0.1, -0.05) is 31.2 Å². The van der Waals surface area contributed by atoms with E-state index in [4.69, 9.17) is 15.2 Å². The molecule has 0 spiro atoms. The molecule has 140 valence electrons. The summed E-state index contributed by atoms with van der Waals surface area (Å²) >= 11 is 0. The zero-order valence-electron chi connectivity index (χ0n) is 16.3. The van der Waals surface area contributed by atoms with Crippen molar-refractivity contribution in [3.63, 3.8) is 0 Å². The molecule has 2 aromatic carbocycles. The van der Waals surface area contributed by atoms with E-state index in [2.05, 4.69) is 55.1 Å². The van der Waals surface area contributed by atoms with Gasteiger partial charge in [-0.2, -0.15) is 0 Å². The largest absolute Gasteiger partial charge is 0.493 e. The van der Waals surface area contributed by atoms with Crippen LogP contribution in [0.3, 0.4) is 0 Å². The van der Waals surface area contributed by atoms with E-state index in [0.717, 1.165) is 37.4 Å². The molecule has 2 aromatic rings. The summed E-state index contributed by atoms with van der Waals surface area (Å²) < 4.78 is 11.0. The monoisotopic (exact) mass is 354 g/mol. The maximum atomic E-state index is 6.59. The standard InChI is InChI=1S/C22H30N2O2/c1-5-19(23)22-18-13-21(26-4)20(25-3)12-16(18)10-11-24(22)14-17-9-7-6-8-15(17)2/h6-9,12-13,19,22H,5,10-11,14,23H2,1-4H3/t19-,22-/m0/s1. The molecule has 0 amide bonds. The first-order valence-corrected chi connectivity index (χ1v) is 9.38. The van der Waals surface area contributed by atoms with Crippen molar-refractivity contribution in [2.45, 2.75) is 45.3 Å². The number of methoxy groups -OCH3 is 2. The summed E-state index contributed by atoms with van der Waals surface area (Å²) in [5.41, 5.74) is 11.9. The summed E-state index contributed by atoms with van der Waals surface area (Å²) in [4.78, 5) is 2.52. The highest BCUT2D eigenvalue weighted by atomic mass is 16.5. The van der Waals surface area contributed by atoms with Crippen LogP contribution < -0.4 is 15.2 Å². The lowest BCUT2D eigenvalue weighted by Crippen LogP contribution is -2.44. The van der Waals surface area contributed by atoms with Crippen molar-refractivity contribution in [1.29, 1.82) is 0 Å². The Morgan fingerprint density at radius 2 is 1.85 bits per heavy atom. The van der Waals surface area contributed by atoms with E-state index >= 15 is 0 Å². The van der Waals surface area contributed by atoms with Gasteiger partial charge in [-0.3, -0.25) is 4.90 Å². The molecular formula is C22H30N2O2. The van der Waals surface area contributed by atoms with Gasteiger partial charge in [0.05, 0.1) is 20.3 Å². The normalized spacial score (nSPS) is 18.3. The first-order chi connectivity index (χ1) is 12.6. The van der Waals surface area contributed by atoms with Gasteiger partial charge in [0, 0.05) is 19.1 Å². The van der Waals surface area contributed by atoms with Crippen molar-refractivity contribution in [2.75, 3.05) is 20.8 Å². The van der Waals surface area contributed by atoms with Gasteiger partial charge in [-0.25, -0.2) is 0 Å². The highest BCUT2D eigenvalue weighted by molar-refractivity contribution is 5.50. The number of fused-ring (bicyclic) bond motifs is 1. The summed E-state index contributed by atoms with van der Waals surface area (Å²) in [6.45, 7) is 6.25. The number of ether oxygens (including phenoxy) is 2. The smallest absolute Gasteiger partial charge is 0.161 e. The maximum absolute atomic E-state index is 6.59. The van der Waals surface area contributed by atoms with Gasteiger partial charge in [-0.15, -0.1) is 0 Å². The SMILES string of the molecule is CC[C@H](N)[C@@H]1c2cc(OC)c(OC)cc2CCN1Cc1ccccc1C. The van der Waals surface area contributed by atoms with Crippen molar-refractivity contribution in [2.24, 2.45) is 5.73 Å². The zero-order valence-corrected chi connectivity index (χ0v) is 16.3. The lowest BCUT2D eigenvalue weighted by molar-refractivity contribution is 0.148. The van der Waals surface area contributed by atoms with Gasteiger partial charge in [0.1, 0.15) is 0 Å². The van der Waals surface area contributed by atoms with Crippen LogP contribution in [0.5, 0.6) is 11.5 Å². The minimum atomic E-state index is 0.0798. The van der Waals surface area contributed by atoms with Crippen LogP contribution in [0.2, 0.25) is 0 Å². The number of benzene rings is 2. The number of hydrogen-bond acceptors (Lipinski definition) is 4. The molecule has 0 bridgehead atoms. The number of hydrogen-bond donors (Lipinski definition) is 1. The highest BCUT2D eigenvalue weighted by Gasteiger charge is 2.32. The van der Waals surface area contributed by atoms with Crippen LogP contribution in [-0.2, 0) is 13.0 Å². The highest BCUT2D eigenvalue weighted by Crippen LogP contribution is 2.40. The predicted molar refractivity (Wildman–Crippen MR) is 106 cm³/mol. The molecule has 0 radical (unpaired) electrons. The van der Waals surface area contributed by atoms with Crippen LogP contribution in [0.25, 0.3) is 0 Å². The van der Waals surface area contributed by atoms with Gasteiger partial charge < -0.3 is 15.2 Å². The third-order valence-corrected chi connectivity index (χ3v) is 5.54. The average molecular weight is 354 g/mol. The van der Waals surface area contributed by atoms with Crippen molar-refractivity contribution in [3.05, 3.63) is 58.7 Å². The minimum Gasteiger partial charge on any atom is -0.493 e. The van der Waals surface area contributed by atoms with E-state index in [1.807, 2.05) is 0 Å². The van der Waals surface area contributed by atoms with Gasteiger partial charge in [0.15, 0.2) is 11.5 Å². The second-order valence-corrected chi connectivity index (χ2v) is 7.07. The minimum absolute atomic E-state index is 0.0798.